The first kappa shape index (κ1) is 12.3. The number of aromatic hydroxyl groups is 1. The third-order valence-electron chi connectivity index (χ3n) is 3.60. The molecule has 4 nitrogen and oxygen atoms in total. The van der Waals surface area contributed by atoms with Gasteiger partial charge in [-0.3, -0.25) is 4.79 Å². The van der Waals surface area contributed by atoms with E-state index in [2.05, 4.69) is 25.9 Å². The van der Waals surface area contributed by atoms with Gasteiger partial charge in [-0.05, 0) is 24.3 Å². The minimum Gasteiger partial charge on any atom is -0.494 e. The summed E-state index contributed by atoms with van der Waals surface area (Å²) in [5, 5.41) is 12.4. The highest BCUT2D eigenvalue weighted by Gasteiger charge is 2.24. The average molecular weight is 341 g/mol. The lowest BCUT2D eigenvalue weighted by atomic mass is 10.0. The topological polar surface area (TPSA) is 65.4 Å². The van der Waals surface area contributed by atoms with E-state index in [4.69, 9.17) is 0 Å². The molecule has 2 aromatic carbocycles. The molecule has 0 bridgehead atoms. The van der Waals surface area contributed by atoms with Gasteiger partial charge in [-0.1, -0.05) is 34.1 Å². The van der Waals surface area contributed by atoms with E-state index in [-0.39, 0.29) is 11.8 Å². The van der Waals surface area contributed by atoms with Crippen LogP contribution in [0.3, 0.4) is 0 Å². The first-order valence-corrected chi connectivity index (χ1v) is 7.17. The monoisotopic (exact) mass is 340 g/mol. The summed E-state index contributed by atoms with van der Waals surface area (Å²) in [4.78, 5) is 19.2. The lowest BCUT2D eigenvalue weighted by Crippen LogP contribution is -2.22. The van der Waals surface area contributed by atoms with Gasteiger partial charge in [0.05, 0.1) is 16.5 Å². The number of para-hydroxylation sites is 1. The van der Waals surface area contributed by atoms with Crippen LogP contribution in [-0.4, -0.2) is 16.0 Å². The van der Waals surface area contributed by atoms with Gasteiger partial charge in [0, 0.05) is 20.6 Å². The highest BCUT2D eigenvalue weighted by atomic mass is 79.9. The Labute approximate surface area is 127 Å². The molecular formula is C16H9BrN2O2. The number of hydrogen-bond acceptors (Lipinski definition) is 2. The number of nitrogens with zero attached hydrogens (tertiary/aromatic N) is 1. The van der Waals surface area contributed by atoms with Gasteiger partial charge in [0.15, 0.2) is 5.88 Å². The number of carbonyl (C=O) groups excluding carboxylic acids is 1. The van der Waals surface area contributed by atoms with Crippen molar-refractivity contribution in [2.45, 2.75) is 0 Å². The summed E-state index contributed by atoms with van der Waals surface area (Å²) in [6.07, 6.45) is 0. The quantitative estimate of drug-likeness (QED) is 0.711. The number of hydrogen-bond donors (Lipinski definition) is 2. The van der Waals surface area contributed by atoms with Crippen LogP contribution >= 0.6 is 15.9 Å². The van der Waals surface area contributed by atoms with Crippen molar-refractivity contribution in [3.05, 3.63) is 63.1 Å². The van der Waals surface area contributed by atoms with E-state index < -0.39 is 0 Å². The lowest BCUT2D eigenvalue weighted by molar-refractivity contribution is -0.112. The van der Waals surface area contributed by atoms with Gasteiger partial charge in [-0.2, -0.15) is 0 Å². The molecule has 1 aliphatic rings. The second kappa shape index (κ2) is 4.30. The zero-order valence-corrected chi connectivity index (χ0v) is 12.3. The summed E-state index contributed by atoms with van der Waals surface area (Å²) < 4.78 is 0.881. The highest BCUT2D eigenvalue weighted by Crippen LogP contribution is 2.34. The molecule has 2 heterocycles. The SMILES string of the molecule is O=C1N=c2ccccc2=C1c1c(O)[nH]c2ccc(Br)cc12. The smallest absolute Gasteiger partial charge is 0.279 e. The Morgan fingerprint density at radius 1 is 1.14 bits per heavy atom. The Kier molecular flexibility index (Phi) is 2.53. The molecule has 1 aromatic heterocycles. The Morgan fingerprint density at radius 2 is 1.95 bits per heavy atom. The minimum absolute atomic E-state index is 0.0154. The number of amides is 1. The van der Waals surface area contributed by atoms with Crippen molar-refractivity contribution in [3.8, 4) is 5.88 Å². The maximum absolute atomic E-state index is 12.3. The fourth-order valence-corrected chi connectivity index (χ4v) is 3.07. The number of aromatic nitrogens is 1. The van der Waals surface area contributed by atoms with Crippen LogP contribution in [0.2, 0.25) is 0 Å². The van der Waals surface area contributed by atoms with Crippen molar-refractivity contribution in [2.75, 3.05) is 0 Å². The van der Waals surface area contributed by atoms with E-state index >= 15 is 0 Å². The molecule has 0 unspecified atom stereocenters. The third kappa shape index (κ3) is 1.74. The maximum atomic E-state index is 12.3. The molecule has 0 aliphatic carbocycles. The molecule has 0 saturated carbocycles. The standard InChI is InChI=1S/C16H9BrN2O2/c17-8-5-6-12-10(7-8)14(16(21)19-12)13-9-3-1-2-4-11(9)18-15(13)20/h1-7,19,21H. The molecular weight excluding hydrogens is 332 g/mol. The zero-order valence-electron chi connectivity index (χ0n) is 10.7. The predicted molar refractivity (Wildman–Crippen MR) is 82.4 cm³/mol. The number of nitrogens with one attached hydrogen (secondary N) is 1. The average Bonchev–Trinajstić information content (AvgIpc) is 2.94. The Bertz CT molecular complexity index is 1030. The van der Waals surface area contributed by atoms with Crippen molar-refractivity contribution in [3.63, 3.8) is 0 Å². The number of rotatable bonds is 1. The Hall–Kier alpha value is -2.40. The molecule has 0 radical (unpaired) electrons. The first-order chi connectivity index (χ1) is 10.1. The number of carbonyl (C=O) groups is 1. The second-order valence-corrected chi connectivity index (χ2v) is 5.76. The maximum Gasteiger partial charge on any atom is 0.279 e. The number of aromatic amines is 1. The number of benzene rings is 2. The Balaban J connectivity index is 2.18. The summed E-state index contributed by atoms with van der Waals surface area (Å²) in [6.45, 7) is 0. The van der Waals surface area contributed by atoms with Crippen LogP contribution in [0.1, 0.15) is 5.56 Å². The van der Waals surface area contributed by atoms with Crippen molar-refractivity contribution in [2.24, 2.45) is 4.99 Å². The molecule has 2 N–H and O–H groups in total. The fraction of sp³-hybridized carbons (Fsp3) is 0. The summed E-state index contributed by atoms with van der Waals surface area (Å²) in [6, 6.07) is 12.9. The molecule has 1 aliphatic heterocycles. The molecule has 0 saturated heterocycles. The van der Waals surface area contributed by atoms with Crippen molar-refractivity contribution < 1.29 is 9.90 Å². The van der Waals surface area contributed by atoms with E-state index in [1.807, 2.05) is 36.4 Å². The van der Waals surface area contributed by atoms with Crippen LogP contribution in [-0.2, 0) is 4.79 Å². The Morgan fingerprint density at radius 3 is 2.81 bits per heavy atom. The largest absolute Gasteiger partial charge is 0.494 e. The van der Waals surface area contributed by atoms with Crippen LogP contribution < -0.4 is 10.6 Å². The van der Waals surface area contributed by atoms with E-state index in [0.717, 1.165) is 20.6 Å². The number of H-pyrrole nitrogens is 1. The molecule has 0 spiro atoms. The third-order valence-corrected chi connectivity index (χ3v) is 4.09. The van der Waals surface area contributed by atoms with Gasteiger partial charge in [-0.15, -0.1) is 0 Å². The van der Waals surface area contributed by atoms with Gasteiger partial charge in [0.1, 0.15) is 0 Å². The van der Waals surface area contributed by atoms with Gasteiger partial charge in [-0.25, -0.2) is 4.99 Å². The molecule has 5 heteroatoms. The molecule has 102 valence electrons. The molecule has 0 atom stereocenters. The van der Waals surface area contributed by atoms with Crippen LogP contribution in [0.25, 0.3) is 16.5 Å². The summed E-state index contributed by atoms with van der Waals surface area (Å²) in [5.74, 6) is -0.342. The van der Waals surface area contributed by atoms with Gasteiger partial charge in [0.2, 0.25) is 0 Å². The van der Waals surface area contributed by atoms with Crippen molar-refractivity contribution in [1.29, 1.82) is 0 Å². The number of fused-ring (bicyclic) bond motifs is 2. The first-order valence-electron chi connectivity index (χ1n) is 6.38. The van der Waals surface area contributed by atoms with E-state index in [1.54, 1.807) is 6.07 Å². The lowest BCUT2D eigenvalue weighted by Gasteiger charge is -2.00. The van der Waals surface area contributed by atoms with Crippen molar-refractivity contribution in [1.82, 2.24) is 4.98 Å². The molecule has 4 rings (SSSR count). The molecule has 1 amide bonds. The minimum atomic E-state index is -0.327. The summed E-state index contributed by atoms with van der Waals surface area (Å²) >= 11 is 3.42. The highest BCUT2D eigenvalue weighted by molar-refractivity contribution is 9.10. The normalized spacial score (nSPS) is 13.6. The predicted octanol–water partition coefficient (Wildman–Crippen LogP) is 1.99. The zero-order chi connectivity index (χ0) is 14.6. The molecule has 21 heavy (non-hydrogen) atoms. The van der Waals surface area contributed by atoms with Gasteiger partial charge < -0.3 is 10.1 Å². The molecule has 0 fully saturated rings. The summed E-state index contributed by atoms with van der Waals surface area (Å²) in [5.41, 5.74) is 1.72. The van der Waals surface area contributed by atoms with Crippen LogP contribution in [0, 0.1) is 0 Å². The van der Waals surface area contributed by atoms with Gasteiger partial charge >= 0.3 is 0 Å². The number of halogens is 1. The van der Waals surface area contributed by atoms with Crippen LogP contribution in [0.5, 0.6) is 5.88 Å². The van der Waals surface area contributed by atoms with Gasteiger partial charge in [0.25, 0.3) is 5.91 Å². The second-order valence-electron chi connectivity index (χ2n) is 4.85. The summed E-state index contributed by atoms with van der Waals surface area (Å²) in [7, 11) is 0. The van der Waals surface area contributed by atoms with Crippen LogP contribution in [0.4, 0.5) is 0 Å². The van der Waals surface area contributed by atoms with E-state index in [9.17, 15) is 9.90 Å². The molecule has 3 aromatic rings. The fourth-order valence-electron chi connectivity index (χ4n) is 2.71. The van der Waals surface area contributed by atoms with E-state index in [1.165, 1.54) is 0 Å². The van der Waals surface area contributed by atoms with Crippen LogP contribution in [0.15, 0.2) is 51.9 Å². The van der Waals surface area contributed by atoms with Crippen molar-refractivity contribution >= 4 is 38.3 Å². The van der Waals surface area contributed by atoms with E-state index in [0.29, 0.717) is 16.5 Å².